The van der Waals surface area contributed by atoms with Gasteiger partial charge in [-0.25, -0.2) is 4.39 Å². The first-order valence-corrected chi connectivity index (χ1v) is 8.67. The van der Waals surface area contributed by atoms with E-state index < -0.39 is 11.7 Å². The van der Waals surface area contributed by atoms with E-state index in [1.165, 1.54) is 23.9 Å². The molecule has 0 bridgehead atoms. The number of amides is 2. The summed E-state index contributed by atoms with van der Waals surface area (Å²) in [6.07, 6.45) is 0. The van der Waals surface area contributed by atoms with Gasteiger partial charge in [-0.1, -0.05) is 11.6 Å². The van der Waals surface area contributed by atoms with Gasteiger partial charge in [-0.3, -0.25) is 20.4 Å². The van der Waals surface area contributed by atoms with Crippen molar-refractivity contribution >= 4 is 40.9 Å². The van der Waals surface area contributed by atoms with Gasteiger partial charge in [-0.2, -0.15) is 0 Å². The van der Waals surface area contributed by atoms with Gasteiger partial charge in [0.05, 0.1) is 11.4 Å². The van der Waals surface area contributed by atoms with Gasteiger partial charge in [-0.15, -0.1) is 11.8 Å². The van der Waals surface area contributed by atoms with E-state index in [0.29, 0.717) is 10.7 Å². The van der Waals surface area contributed by atoms with Gasteiger partial charge in [0.1, 0.15) is 5.82 Å². The van der Waals surface area contributed by atoms with Gasteiger partial charge in [0.2, 0.25) is 5.91 Å². The number of thioether (sulfide) groups is 1. The highest BCUT2D eigenvalue weighted by Crippen LogP contribution is 2.20. The van der Waals surface area contributed by atoms with Crippen LogP contribution in [-0.2, 0) is 4.79 Å². The van der Waals surface area contributed by atoms with E-state index in [-0.39, 0.29) is 17.2 Å². The Balaban J connectivity index is 1.83. The molecule has 0 heterocycles. The maximum atomic E-state index is 13.9. The number of benzene rings is 2. The fourth-order valence-corrected chi connectivity index (χ4v) is 2.75. The van der Waals surface area contributed by atoms with E-state index in [2.05, 4.69) is 10.9 Å². The summed E-state index contributed by atoms with van der Waals surface area (Å²) in [5.41, 5.74) is 5.06. The van der Waals surface area contributed by atoms with Crippen molar-refractivity contribution in [2.24, 2.45) is 0 Å². The second-order valence-electron chi connectivity index (χ2n) is 5.31. The van der Waals surface area contributed by atoms with Crippen LogP contribution in [0.5, 0.6) is 0 Å². The van der Waals surface area contributed by atoms with Crippen LogP contribution in [0, 0.1) is 5.82 Å². The van der Waals surface area contributed by atoms with Crippen molar-refractivity contribution in [3.05, 3.63) is 58.9 Å². The van der Waals surface area contributed by atoms with Crippen LogP contribution < -0.4 is 15.8 Å². The van der Waals surface area contributed by atoms with E-state index in [4.69, 9.17) is 11.6 Å². The lowest BCUT2D eigenvalue weighted by molar-refractivity contribution is -0.119. The van der Waals surface area contributed by atoms with Crippen molar-refractivity contribution in [1.82, 2.24) is 10.9 Å². The lowest BCUT2D eigenvalue weighted by Gasteiger charge is -2.14. The molecule has 2 aromatic rings. The lowest BCUT2D eigenvalue weighted by atomic mass is 10.2. The topological polar surface area (TPSA) is 61.4 Å². The molecule has 0 radical (unpaired) electrons. The van der Waals surface area contributed by atoms with E-state index in [9.17, 15) is 14.0 Å². The first-order chi connectivity index (χ1) is 11.9. The monoisotopic (exact) mass is 381 g/mol. The summed E-state index contributed by atoms with van der Waals surface area (Å²) in [5.74, 6) is -1.36. The Bertz CT molecular complexity index is 769. The summed E-state index contributed by atoms with van der Waals surface area (Å²) >= 11 is 7.09. The number of carbonyl (C=O) groups excluding carboxylic acids is 2. The maximum Gasteiger partial charge on any atom is 0.269 e. The lowest BCUT2D eigenvalue weighted by Crippen LogP contribution is -2.42. The van der Waals surface area contributed by atoms with Gasteiger partial charge < -0.3 is 4.90 Å². The SMILES string of the molecule is CN(C)c1ccc(C(=O)NNC(=O)CSc2ccc(Cl)cc2)cc1F. The number of rotatable bonds is 5. The number of hydrogen-bond acceptors (Lipinski definition) is 4. The Morgan fingerprint density at radius 1 is 1.12 bits per heavy atom. The van der Waals surface area contributed by atoms with Crippen molar-refractivity contribution in [1.29, 1.82) is 0 Å². The highest BCUT2D eigenvalue weighted by molar-refractivity contribution is 8.00. The predicted octanol–water partition coefficient (Wildman–Crippen LogP) is 3.10. The molecule has 2 rings (SSSR count). The molecule has 25 heavy (non-hydrogen) atoms. The van der Waals surface area contributed by atoms with E-state index in [1.54, 1.807) is 43.3 Å². The van der Waals surface area contributed by atoms with Crippen LogP contribution in [0.2, 0.25) is 5.02 Å². The normalized spacial score (nSPS) is 10.2. The fourth-order valence-electron chi connectivity index (χ4n) is 1.93. The summed E-state index contributed by atoms with van der Waals surface area (Å²) in [5, 5.41) is 0.619. The van der Waals surface area contributed by atoms with E-state index in [0.717, 1.165) is 11.0 Å². The number of anilines is 1. The summed E-state index contributed by atoms with van der Waals surface area (Å²) < 4.78 is 13.9. The highest BCUT2D eigenvalue weighted by atomic mass is 35.5. The van der Waals surface area contributed by atoms with Crippen molar-refractivity contribution in [2.75, 3.05) is 24.7 Å². The van der Waals surface area contributed by atoms with Crippen LogP contribution in [0.25, 0.3) is 0 Å². The standard InChI is InChI=1S/C17H17ClFN3O2S/c1-22(2)15-8-3-11(9-14(15)19)17(24)21-20-16(23)10-25-13-6-4-12(18)5-7-13/h3-9H,10H2,1-2H3,(H,20,23)(H,21,24). The second-order valence-corrected chi connectivity index (χ2v) is 6.79. The van der Waals surface area contributed by atoms with Gasteiger partial charge in [-0.05, 0) is 42.5 Å². The first kappa shape index (κ1) is 19.1. The molecule has 2 N–H and O–H groups in total. The molecule has 0 atom stereocenters. The fraction of sp³-hybridized carbons (Fsp3) is 0.176. The zero-order valence-electron chi connectivity index (χ0n) is 13.7. The molecule has 0 aliphatic carbocycles. The minimum atomic E-state index is -0.589. The summed E-state index contributed by atoms with van der Waals surface area (Å²) in [7, 11) is 3.41. The number of hydrazine groups is 1. The average molecular weight is 382 g/mol. The number of nitrogens with zero attached hydrogens (tertiary/aromatic N) is 1. The molecule has 0 fully saturated rings. The first-order valence-electron chi connectivity index (χ1n) is 7.31. The zero-order valence-corrected chi connectivity index (χ0v) is 15.2. The predicted molar refractivity (Wildman–Crippen MR) is 98.5 cm³/mol. The van der Waals surface area contributed by atoms with Crippen LogP contribution in [-0.4, -0.2) is 31.7 Å². The molecular weight excluding hydrogens is 365 g/mol. The number of carbonyl (C=O) groups is 2. The molecule has 132 valence electrons. The van der Waals surface area contributed by atoms with Gasteiger partial charge in [0.15, 0.2) is 0 Å². The van der Waals surface area contributed by atoms with Crippen LogP contribution >= 0.6 is 23.4 Å². The minimum absolute atomic E-state index is 0.119. The molecule has 0 saturated heterocycles. The van der Waals surface area contributed by atoms with Gasteiger partial charge in [0, 0.05) is 29.6 Å². The molecule has 0 spiro atoms. The summed E-state index contributed by atoms with van der Waals surface area (Å²) in [6, 6.07) is 11.2. The zero-order chi connectivity index (χ0) is 18.4. The molecule has 0 unspecified atom stereocenters. The third kappa shape index (κ3) is 5.65. The Labute approximate surface area is 154 Å². The molecule has 0 aliphatic heterocycles. The number of halogens is 2. The van der Waals surface area contributed by atoms with Crippen molar-refractivity contribution in [3.63, 3.8) is 0 Å². The second kappa shape index (κ2) is 8.73. The van der Waals surface area contributed by atoms with Gasteiger partial charge in [0.25, 0.3) is 5.91 Å². The average Bonchev–Trinajstić information content (AvgIpc) is 2.58. The highest BCUT2D eigenvalue weighted by Gasteiger charge is 2.12. The molecule has 0 aromatic heterocycles. The minimum Gasteiger partial charge on any atom is -0.375 e. The molecular formula is C17H17ClFN3O2S. The smallest absolute Gasteiger partial charge is 0.269 e. The molecule has 0 aliphatic rings. The molecule has 8 heteroatoms. The Hall–Kier alpha value is -2.25. The third-order valence-corrected chi connectivity index (χ3v) is 4.45. The largest absolute Gasteiger partial charge is 0.375 e. The van der Waals surface area contributed by atoms with Gasteiger partial charge >= 0.3 is 0 Å². The Morgan fingerprint density at radius 2 is 1.80 bits per heavy atom. The molecule has 2 aromatic carbocycles. The van der Waals surface area contributed by atoms with Crippen molar-refractivity contribution in [3.8, 4) is 0 Å². The van der Waals surface area contributed by atoms with E-state index in [1.807, 2.05) is 0 Å². The maximum absolute atomic E-state index is 13.9. The molecule has 0 saturated carbocycles. The van der Waals surface area contributed by atoms with Crippen LogP contribution in [0.4, 0.5) is 10.1 Å². The van der Waals surface area contributed by atoms with Crippen molar-refractivity contribution < 1.29 is 14.0 Å². The Kier molecular flexibility index (Phi) is 6.66. The quantitative estimate of drug-likeness (QED) is 0.617. The molecule has 2 amide bonds. The third-order valence-electron chi connectivity index (χ3n) is 3.19. The van der Waals surface area contributed by atoms with Crippen molar-refractivity contribution in [2.45, 2.75) is 4.90 Å². The Morgan fingerprint density at radius 3 is 2.40 bits per heavy atom. The number of hydrogen-bond donors (Lipinski definition) is 2. The molecule has 5 nitrogen and oxygen atoms in total. The summed E-state index contributed by atoms with van der Waals surface area (Å²) in [4.78, 5) is 26.2. The number of nitrogens with one attached hydrogen (secondary N) is 2. The van der Waals surface area contributed by atoms with E-state index >= 15 is 0 Å². The van der Waals surface area contributed by atoms with Crippen LogP contribution in [0.3, 0.4) is 0 Å². The van der Waals surface area contributed by atoms with Crippen LogP contribution in [0.15, 0.2) is 47.4 Å². The summed E-state index contributed by atoms with van der Waals surface area (Å²) in [6.45, 7) is 0. The van der Waals surface area contributed by atoms with Crippen LogP contribution in [0.1, 0.15) is 10.4 Å².